The van der Waals surface area contributed by atoms with E-state index in [0.29, 0.717) is 11.6 Å². The van der Waals surface area contributed by atoms with Crippen LogP contribution in [0.25, 0.3) is 0 Å². The Bertz CT molecular complexity index is 452. The SMILES string of the molecule is Fc1cccc(N2CCN3CCCCC3C2)c1CCl. The standard InChI is InChI=1S/C15H20ClFN2/c16-10-13-14(17)5-3-6-15(13)19-9-8-18-7-2-1-4-12(18)11-19/h3,5-6,12H,1-2,4,7-11H2. The van der Waals surface area contributed by atoms with Crippen molar-refractivity contribution in [3.8, 4) is 0 Å². The van der Waals surface area contributed by atoms with Gasteiger partial charge in [-0.2, -0.15) is 0 Å². The molecule has 0 N–H and O–H groups in total. The number of alkyl halides is 1. The number of benzene rings is 1. The number of piperazine rings is 1. The molecule has 104 valence electrons. The van der Waals surface area contributed by atoms with E-state index in [1.807, 2.05) is 6.07 Å². The van der Waals surface area contributed by atoms with Gasteiger partial charge in [0.1, 0.15) is 5.82 Å². The van der Waals surface area contributed by atoms with Gasteiger partial charge in [0.25, 0.3) is 0 Å². The molecule has 2 heterocycles. The Balaban J connectivity index is 1.81. The summed E-state index contributed by atoms with van der Waals surface area (Å²) < 4.78 is 13.8. The van der Waals surface area contributed by atoms with Crippen LogP contribution < -0.4 is 4.90 Å². The number of anilines is 1. The first-order chi connectivity index (χ1) is 9.29. The molecule has 1 atom stereocenters. The summed E-state index contributed by atoms with van der Waals surface area (Å²) in [5.41, 5.74) is 1.63. The maximum Gasteiger partial charge on any atom is 0.129 e. The first kappa shape index (κ1) is 13.2. The topological polar surface area (TPSA) is 6.48 Å². The molecule has 2 nitrogen and oxygen atoms in total. The van der Waals surface area contributed by atoms with Crippen LogP contribution >= 0.6 is 11.6 Å². The van der Waals surface area contributed by atoms with Gasteiger partial charge in [0.2, 0.25) is 0 Å². The van der Waals surface area contributed by atoms with Gasteiger partial charge < -0.3 is 4.90 Å². The highest BCUT2D eigenvalue weighted by Crippen LogP contribution is 2.29. The molecule has 2 aliphatic rings. The highest BCUT2D eigenvalue weighted by molar-refractivity contribution is 6.17. The van der Waals surface area contributed by atoms with Gasteiger partial charge in [-0.3, -0.25) is 4.90 Å². The third kappa shape index (κ3) is 2.59. The average Bonchev–Trinajstić information content (AvgIpc) is 2.46. The fourth-order valence-electron chi connectivity index (χ4n) is 3.35. The highest BCUT2D eigenvalue weighted by atomic mass is 35.5. The van der Waals surface area contributed by atoms with Crippen LogP contribution in [0.2, 0.25) is 0 Å². The second kappa shape index (κ2) is 5.68. The van der Waals surface area contributed by atoms with Crippen molar-refractivity contribution in [2.75, 3.05) is 31.1 Å². The van der Waals surface area contributed by atoms with Crippen molar-refractivity contribution in [1.29, 1.82) is 0 Å². The third-order valence-corrected chi connectivity index (χ3v) is 4.67. The molecule has 3 rings (SSSR count). The lowest BCUT2D eigenvalue weighted by Crippen LogP contribution is -2.55. The van der Waals surface area contributed by atoms with E-state index in [0.717, 1.165) is 25.3 Å². The van der Waals surface area contributed by atoms with Gasteiger partial charge >= 0.3 is 0 Å². The number of halogens is 2. The molecule has 19 heavy (non-hydrogen) atoms. The summed E-state index contributed by atoms with van der Waals surface area (Å²) in [5.74, 6) is 0.0611. The molecule has 1 unspecified atom stereocenters. The normalized spacial score (nSPS) is 24.3. The molecule has 2 fully saturated rings. The Labute approximate surface area is 119 Å². The number of piperidine rings is 1. The lowest BCUT2D eigenvalue weighted by molar-refractivity contribution is 0.133. The molecule has 2 saturated heterocycles. The molecular formula is C15H20ClFN2. The minimum absolute atomic E-state index is 0.182. The van der Waals surface area contributed by atoms with Crippen LogP contribution in [0.1, 0.15) is 24.8 Å². The third-order valence-electron chi connectivity index (χ3n) is 4.41. The zero-order valence-corrected chi connectivity index (χ0v) is 11.9. The Morgan fingerprint density at radius 2 is 2.11 bits per heavy atom. The highest BCUT2D eigenvalue weighted by Gasteiger charge is 2.29. The largest absolute Gasteiger partial charge is 0.368 e. The lowest BCUT2D eigenvalue weighted by atomic mass is 9.98. The van der Waals surface area contributed by atoms with Gasteiger partial charge in [-0.15, -0.1) is 11.6 Å². The summed E-state index contributed by atoms with van der Waals surface area (Å²) in [6.07, 6.45) is 3.91. The molecule has 1 aromatic carbocycles. The van der Waals surface area contributed by atoms with E-state index >= 15 is 0 Å². The van der Waals surface area contributed by atoms with Gasteiger partial charge in [0.15, 0.2) is 0 Å². The quantitative estimate of drug-likeness (QED) is 0.769. The second-order valence-corrected chi connectivity index (χ2v) is 5.77. The maximum absolute atomic E-state index is 13.8. The molecule has 0 spiro atoms. The Hall–Kier alpha value is -0.800. The predicted molar refractivity (Wildman–Crippen MR) is 77.4 cm³/mol. The van der Waals surface area contributed by atoms with E-state index < -0.39 is 0 Å². The number of nitrogens with zero attached hydrogens (tertiary/aromatic N) is 2. The van der Waals surface area contributed by atoms with Gasteiger partial charge in [-0.05, 0) is 31.5 Å². The van der Waals surface area contributed by atoms with Crippen LogP contribution in [0.4, 0.5) is 10.1 Å². The summed E-state index contributed by atoms with van der Waals surface area (Å²) in [7, 11) is 0. The van der Waals surface area contributed by atoms with E-state index in [-0.39, 0.29) is 11.7 Å². The van der Waals surface area contributed by atoms with E-state index in [1.165, 1.54) is 31.9 Å². The summed E-state index contributed by atoms with van der Waals surface area (Å²) >= 11 is 5.92. The van der Waals surface area contributed by atoms with Crippen molar-refractivity contribution in [1.82, 2.24) is 4.90 Å². The van der Waals surface area contributed by atoms with Gasteiger partial charge in [-0.25, -0.2) is 4.39 Å². The zero-order valence-electron chi connectivity index (χ0n) is 11.1. The predicted octanol–water partition coefficient (Wildman–Crippen LogP) is 3.24. The minimum Gasteiger partial charge on any atom is -0.368 e. The van der Waals surface area contributed by atoms with Crippen LogP contribution in [0.15, 0.2) is 18.2 Å². The fourth-order valence-corrected chi connectivity index (χ4v) is 3.62. The molecule has 0 saturated carbocycles. The first-order valence-electron chi connectivity index (χ1n) is 7.12. The van der Waals surface area contributed by atoms with Crippen LogP contribution in [0.5, 0.6) is 0 Å². The molecule has 0 bridgehead atoms. The second-order valence-electron chi connectivity index (χ2n) is 5.50. The lowest BCUT2D eigenvalue weighted by Gasteiger charge is -2.45. The summed E-state index contributed by atoms with van der Waals surface area (Å²) in [6, 6.07) is 5.92. The Morgan fingerprint density at radius 3 is 2.95 bits per heavy atom. The van der Waals surface area contributed by atoms with E-state index in [1.54, 1.807) is 6.07 Å². The molecule has 1 aromatic rings. The Morgan fingerprint density at radius 1 is 1.21 bits per heavy atom. The summed E-state index contributed by atoms with van der Waals surface area (Å²) in [6.45, 7) is 4.30. The summed E-state index contributed by atoms with van der Waals surface area (Å²) in [5, 5.41) is 0. The number of hydrogen-bond donors (Lipinski definition) is 0. The van der Waals surface area contributed by atoms with E-state index in [9.17, 15) is 4.39 Å². The molecule has 0 aromatic heterocycles. The smallest absolute Gasteiger partial charge is 0.129 e. The monoisotopic (exact) mass is 282 g/mol. The number of fused-ring (bicyclic) bond motifs is 1. The zero-order chi connectivity index (χ0) is 13.2. The Kier molecular flexibility index (Phi) is 3.94. The maximum atomic E-state index is 13.8. The van der Waals surface area contributed by atoms with Crippen LogP contribution in [0, 0.1) is 5.82 Å². The fraction of sp³-hybridized carbons (Fsp3) is 0.600. The van der Waals surface area contributed by atoms with E-state index in [2.05, 4.69) is 9.80 Å². The van der Waals surface area contributed by atoms with Crippen LogP contribution in [0.3, 0.4) is 0 Å². The molecule has 0 radical (unpaired) electrons. The van der Waals surface area contributed by atoms with Crippen molar-refractivity contribution >= 4 is 17.3 Å². The van der Waals surface area contributed by atoms with Gasteiger partial charge in [0, 0.05) is 36.9 Å². The van der Waals surface area contributed by atoms with Crippen molar-refractivity contribution in [2.45, 2.75) is 31.2 Å². The van der Waals surface area contributed by atoms with Crippen molar-refractivity contribution < 1.29 is 4.39 Å². The molecule has 4 heteroatoms. The number of rotatable bonds is 2. The van der Waals surface area contributed by atoms with Crippen molar-refractivity contribution in [2.24, 2.45) is 0 Å². The van der Waals surface area contributed by atoms with Gasteiger partial charge in [-0.1, -0.05) is 12.5 Å². The van der Waals surface area contributed by atoms with Crippen LogP contribution in [-0.2, 0) is 5.88 Å². The average molecular weight is 283 g/mol. The molecular weight excluding hydrogens is 263 g/mol. The molecule has 2 aliphatic heterocycles. The van der Waals surface area contributed by atoms with E-state index in [4.69, 9.17) is 11.6 Å². The minimum atomic E-state index is -0.182. The van der Waals surface area contributed by atoms with Crippen molar-refractivity contribution in [3.63, 3.8) is 0 Å². The van der Waals surface area contributed by atoms with Crippen molar-refractivity contribution in [3.05, 3.63) is 29.6 Å². The summed E-state index contributed by atoms with van der Waals surface area (Å²) in [4.78, 5) is 4.90. The first-order valence-corrected chi connectivity index (χ1v) is 7.65. The number of hydrogen-bond acceptors (Lipinski definition) is 2. The molecule has 0 amide bonds. The molecule has 0 aliphatic carbocycles. The van der Waals surface area contributed by atoms with Gasteiger partial charge in [0.05, 0.1) is 5.88 Å². The van der Waals surface area contributed by atoms with Crippen LogP contribution in [-0.4, -0.2) is 37.1 Å².